The molecule has 0 aromatic heterocycles. The fourth-order valence-corrected chi connectivity index (χ4v) is 2.69. The number of hydrogen-bond acceptors (Lipinski definition) is 3. The molecule has 100 valence electrons. The van der Waals surface area contributed by atoms with Crippen molar-refractivity contribution in [1.82, 2.24) is 10.2 Å². The van der Waals surface area contributed by atoms with Crippen LogP contribution in [0.4, 0.5) is 5.69 Å². The average Bonchev–Trinajstić information content (AvgIpc) is 2.40. The van der Waals surface area contributed by atoms with Crippen LogP contribution in [-0.4, -0.2) is 44.7 Å². The lowest BCUT2D eigenvalue weighted by Crippen LogP contribution is -2.46. The first-order valence-corrected chi connectivity index (χ1v) is 7.02. The van der Waals surface area contributed by atoms with Gasteiger partial charge in [-0.3, -0.25) is 0 Å². The molecule has 3 nitrogen and oxygen atoms in total. The first kappa shape index (κ1) is 13.7. The van der Waals surface area contributed by atoms with Crippen LogP contribution >= 0.6 is 11.6 Å². The molecule has 18 heavy (non-hydrogen) atoms. The summed E-state index contributed by atoms with van der Waals surface area (Å²) in [5.74, 6) is 0. The molecule has 0 aliphatic carbocycles. The highest BCUT2D eigenvalue weighted by atomic mass is 35.5. The Balaban J connectivity index is 2.13. The second kappa shape index (κ2) is 6.41. The first-order valence-electron chi connectivity index (χ1n) is 6.65. The molecule has 0 spiro atoms. The van der Waals surface area contributed by atoms with Crippen molar-refractivity contribution in [1.29, 1.82) is 0 Å². The number of nitrogens with zero attached hydrogens (tertiary/aromatic N) is 2. The highest BCUT2D eigenvalue weighted by Crippen LogP contribution is 2.25. The van der Waals surface area contributed by atoms with Crippen LogP contribution in [0.5, 0.6) is 0 Å². The van der Waals surface area contributed by atoms with Crippen molar-refractivity contribution in [2.75, 3.05) is 44.7 Å². The lowest BCUT2D eigenvalue weighted by molar-refractivity contribution is 0.271. The molecular weight excluding hydrogens is 246 g/mol. The zero-order valence-electron chi connectivity index (χ0n) is 11.2. The van der Waals surface area contributed by atoms with Crippen LogP contribution in [0.1, 0.15) is 12.5 Å². The van der Waals surface area contributed by atoms with E-state index in [9.17, 15) is 0 Å². The van der Waals surface area contributed by atoms with Gasteiger partial charge < -0.3 is 15.1 Å². The third kappa shape index (κ3) is 3.16. The summed E-state index contributed by atoms with van der Waals surface area (Å²) in [4.78, 5) is 4.96. The molecule has 0 saturated carbocycles. The Hall–Kier alpha value is -0.770. The molecule has 1 aromatic carbocycles. The molecule has 1 saturated heterocycles. The zero-order valence-corrected chi connectivity index (χ0v) is 12.0. The number of rotatable bonds is 4. The molecule has 0 radical (unpaired) electrons. The lowest BCUT2D eigenvalue weighted by Gasteiger charge is -2.36. The summed E-state index contributed by atoms with van der Waals surface area (Å²) >= 11 is 6.08. The van der Waals surface area contributed by atoms with E-state index in [1.807, 2.05) is 13.1 Å². The van der Waals surface area contributed by atoms with E-state index in [0.717, 1.165) is 44.3 Å². The number of nitrogens with one attached hydrogen (secondary N) is 1. The van der Waals surface area contributed by atoms with Crippen LogP contribution in [-0.2, 0) is 6.54 Å². The molecule has 1 aliphatic rings. The largest absolute Gasteiger partial charge is 0.369 e. The first-order chi connectivity index (χ1) is 8.74. The van der Waals surface area contributed by atoms with E-state index in [1.54, 1.807) is 0 Å². The summed E-state index contributed by atoms with van der Waals surface area (Å²) in [5.41, 5.74) is 2.61. The molecule has 1 aromatic rings. The minimum absolute atomic E-state index is 0.816. The minimum atomic E-state index is 0.816. The van der Waals surface area contributed by atoms with Gasteiger partial charge in [-0.25, -0.2) is 0 Å². The van der Waals surface area contributed by atoms with Gasteiger partial charge in [0.1, 0.15) is 0 Å². The second-order valence-corrected chi connectivity index (χ2v) is 5.16. The number of halogens is 1. The fraction of sp³-hybridized carbons (Fsp3) is 0.571. The quantitative estimate of drug-likeness (QED) is 0.902. The molecule has 2 rings (SSSR count). The van der Waals surface area contributed by atoms with E-state index in [-0.39, 0.29) is 0 Å². The Bertz CT molecular complexity index is 387. The maximum Gasteiger partial charge on any atom is 0.0413 e. The Kier molecular flexibility index (Phi) is 4.87. The molecule has 0 bridgehead atoms. The lowest BCUT2D eigenvalue weighted by atomic mass is 10.1. The van der Waals surface area contributed by atoms with Crippen molar-refractivity contribution in [2.24, 2.45) is 0 Å². The normalized spacial score (nSPS) is 17.2. The standard InChI is InChI=1S/C14H22ClN3/c1-3-17-6-8-18(9-7-17)14-5-4-13(15)10-12(14)11-16-2/h4-5,10,16H,3,6-9,11H2,1-2H3. The van der Waals surface area contributed by atoms with Crippen molar-refractivity contribution in [2.45, 2.75) is 13.5 Å². The Morgan fingerprint density at radius 1 is 1.22 bits per heavy atom. The number of benzene rings is 1. The van der Waals surface area contributed by atoms with Crippen LogP contribution in [0.25, 0.3) is 0 Å². The number of hydrogen-bond donors (Lipinski definition) is 1. The number of likely N-dealkylation sites (N-methyl/N-ethyl adjacent to an activating group) is 1. The van der Waals surface area contributed by atoms with Gasteiger partial charge in [-0.1, -0.05) is 18.5 Å². The SMILES string of the molecule is CCN1CCN(c2ccc(Cl)cc2CNC)CC1. The molecule has 4 heteroatoms. The molecule has 1 fully saturated rings. The summed E-state index contributed by atoms with van der Waals surface area (Å²) in [6, 6.07) is 6.21. The maximum atomic E-state index is 6.08. The van der Waals surface area contributed by atoms with Crippen LogP contribution in [0.2, 0.25) is 5.02 Å². The summed E-state index contributed by atoms with van der Waals surface area (Å²) in [7, 11) is 1.97. The Morgan fingerprint density at radius 2 is 1.94 bits per heavy atom. The second-order valence-electron chi connectivity index (χ2n) is 4.72. The predicted molar refractivity (Wildman–Crippen MR) is 78.5 cm³/mol. The summed E-state index contributed by atoms with van der Waals surface area (Å²) in [5, 5.41) is 4.03. The van der Waals surface area contributed by atoms with Gasteiger partial charge in [-0.05, 0) is 37.4 Å². The highest BCUT2D eigenvalue weighted by molar-refractivity contribution is 6.30. The van der Waals surface area contributed by atoms with Crippen molar-refractivity contribution >= 4 is 17.3 Å². The predicted octanol–water partition coefficient (Wildman–Crippen LogP) is 2.20. The van der Waals surface area contributed by atoms with Gasteiger partial charge in [0.2, 0.25) is 0 Å². The van der Waals surface area contributed by atoms with E-state index in [4.69, 9.17) is 11.6 Å². The average molecular weight is 268 g/mol. The van der Waals surface area contributed by atoms with Crippen LogP contribution in [0.15, 0.2) is 18.2 Å². The van der Waals surface area contributed by atoms with Gasteiger partial charge in [0.05, 0.1) is 0 Å². The third-order valence-electron chi connectivity index (χ3n) is 3.57. The zero-order chi connectivity index (χ0) is 13.0. The molecule has 1 aliphatic heterocycles. The fourth-order valence-electron chi connectivity index (χ4n) is 2.50. The van der Waals surface area contributed by atoms with E-state index in [2.05, 4.69) is 34.2 Å². The smallest absolute Gasteiger partial charge is 0.0413 e. The highest BCUT2D eigenvalue weighted by Gasteiger charge is 2.17. The van der Waals surface area contributed by atoms with Crippen LogP contribution in [0, 0.1) is 0 Å². The molecule has 1 N–H and O–H groups in total. The number of anilines is 1. The summed E-state index contributed by atoms with van der Waals surface area (Å²) < 4.78 is 0. The van der Waals surface area contributed by atoms with Gasteiger partial charge in [0, 0.05) is 43.4 Å². The van der Waals surface area contributed by atoms with Crippen LogP contribution < -0.4 is 10.2 Å². The van der Waals surface area contributed by atoms with E-state index in [0.29, 0.717) is 0 Å². The third-order valence-corrected chi connectivity index (χ3v) is 3.80. The topological polar surface area (TPSA) is 18.5 Å². The summed E-state index contributed by atoms with van der Waals surface area (Å²) in [6.07, 6.45) is 0. The van der Waals surface area contributed by atoms with Gasteiger partial charge in [0.25, 0.3) is 0 Å². The molecule has 0 atom stereocenters. The van der Waals surface area contributed by atoms with Gasteiger partial charge >= 0.3 is 0 Å². The van der Waals surface area contributed by atoms with Crippen LogP contribution in [0.3, 0.4) is 0 Å². The van der Waals surface area contributed by atoms with Gasteiger partial charge in [-0.15, -0.1) is 0 Å². The molecular formula is C14H22ClN3. The Labute approximate surface area is 115 Å². The maximum absolute atomic E-state index is 6.08. The molecule has 1 heterocycles. The minimum Gasteiger partial charge on any atom is -0.369 e. The van der Waals surface area contributed by atoms with Gasteiger partial charge in [-0.2, -0.15) is 0 Å². The van der Waals surface area contributed by atoms with E-state index < -0.39 is 0 Å². The molecule has 0 unspecified atom stereocenters. The van der Waals surface area contributed by atoms with Crippen molar-refractivity contribution in [3.8, 4) is 0 Å². The molecule has 0 amide bonds. The monoisotopic (exact) mass is 267 g/mol. The summed E-state index contributed by atoms with van der Waals surface area (Å²) in [6.45, 7) is 8.75. The number of piperazine rings is 1. The van der Waals surface area contributed by atoms with Gasteiger partial charge in [0.15, 0.2) is 0 Å². The van der Waals surface area contributed by atoms with E-state index in [1.165, 1.54) is 11.3 Å². The Morgan fingerprint density at radius 3 is 2.56 bits per heavy atom. The van der Waals surface area contributed by atoms with Crippen molar-refractivity contribution < 1.29 is 0 Å². The van der Waals surface area contributed by atoms with Crippen molar-refractivity contribution in [3.05, 3.63) is 28.8 Å². The van der Waals surface area contributed by atoms with Crippen molar-refractivity contribution in [3.63, 3.8) is 0 Å². The van der Waals surface area contributed by atoms with E-state index >= 15 is 0 Å².